The number of urea groups is 1. The van der Waals surface area contributed by atoms with Crippen molar-refractivity contribution in [3.8, 4) is 11.5 Å². The lowest BCUT2D eigenvalue weighted by atomic mass is 10.1. The minimum Gasteiger partial charge on any atom is -0.496 e. The van der Waals surface area contributed by atoms with Gasteiger partial charge in [0, 0.05) is 32.2 Å². The van der Waals surface area contributed by atoms with Crippen LogP contribution in [0.2, 0.25) is 0 Å². The van der Waals surface area contributed by atoms with Crippen LogP contribution in [0.25, 0.3) is 0 Å². The molecule has 3 amide bonds. The van der Waals surface area contributed by atoms with Crippen molar-refractivity contribution in [2.75, 3.05) is 40.4 Å². The van der Waals surface area contributed by atoms with E-state index in [1.807, 2.05) is 0 Å². The van der Waals surface area contributed by atoms with Gasteiger partial charge in [-0.3, -0.25) is 4.79 Å². The van der Waals surface area contributed by atoms with Crippen LogP contribution in [-0.2, 0) is 0 Å². The predicted octanol–water partition coefficient (Wildman–Crippen LogP) is 2.11. The number of nitrogens with zero attached hydrogens (tertiary/aromatic N) is 2. The van der Waals surface area contributed by atoms with Crippen molar-refractivity contribution < 1.29 is 19.1 Å². The van der Waals surface area contributed by atoms with Crippen LogP contribution < -0.4 is 14.8 Å². The third kappa shape index (κ3) is 3.86. The lowest BCUT2D eigenvalue weighted by molar-refractivity contribution is 0.0656. The highest BCUT2D eigenvalue weighted by Gasteiger charge is 2.29. The van der Waals surface area contributed by atoms with Gasteiger partial charge in [-0.25, -0.2) is 4.79 Å². The smallest absolute Gasteiger partial charge is 0.317 e. The van der Waals surface area contributed by atoms with Gasteiger partial charge in [0.2, 0.25) is 0 Å². The average molecular weight is 361 g/mol. The lowest BCUT2D eigenvalue weighted by Crippen LogP contribution is -2.54. The van der Waals surface area contributed by atoms with Crippen LogP contribution in [0.5, 0.6) is 11.5 Å². The molecule has 1 aromatic carbocycles. The van der Waals surface area contributed by atoms with Crippen LogP contribution in [-0.4, -0.2) is 68.2 Å². The fourth-order valence-electron chi connectivity index (χ4n) is 3.67. The highest BCUT2D eigenvalue weighted by molar-refractivity contribution is 5.99. The van der Waals surface area contributed by atoms with Gasteiger partial charge in [-0.1, -0.05) is 18.9 Å². The summed E-state index contributed by atoms with van der Waals surface area (Å²) in [6, 6.07) is 5.58. The maximum atomic E-state index is 13.0. The third-order valence-corrected chi connectivity index (χ3v) is 5.18. The van der Waals surface area contributed by atoms with Gasteiger partial charge in [0.15, 0.2) is 0 Å². The summed E-state index contributed by atoms with van der Waals surface area (Å²) < 4.78 is 10.7. The SMILES string of the molecule is COc1cccc(OC)c1C(=O)N1CCN(C(=O)NC2CCCC2)CC1. The molecule has 1 saturated carbocycles. The molecule has 2 aliphatic rings. The van der Waals surface area contributed by atoms with Crippen LogP contribution in [0, 0.1) is 0 Å². The largest absolute Gasteiger partial charge is 0.496 e. The first kappa shape index (κ1) is 18.4. The van der Waals surface area contributed by atoms with Gasteiger partial charge in [0.1, 0.15) is 17.1 Å². The molecule has 26 heavy (non-hydrogen) atoms. The van der Waals surface area contributed by atoms with Crippen molar-refractivity contribution in [1.82, 2.24) is 15.1 Å². The molecule has 1 aliphatic carbocycles. The summed E-state index contributed by atoms with van der Waals surface area (Å²) in [7, 11) is 3.08. The van der Waals surface area contributed by atoms with Gasteiger partial charge >= 0.3 is 6.03 Å². The molecule has 2 fully saturated rings. The van der Waals surface area contributed by atoms with Crippen LogP contribution in [0.15, 0.2) is 18.2 Å². The molecule has 0 atom stereocenters. The number of nitrogens with one attached hydrogen (secondary N) is 1. The topological polar surface area (TPSA) is 71.1 Å². The molecule has 0 spiro atoms. The second-order valence-corrected chi connectivity index (χ2v) is 6.75. The number of carbonyl (C=O) groups is 2. The molecule has 0 radical (unpaired) electrons. The zero-order chi connectivity index (χ0) is 18.5. The third-order valence-electron chi connectivity index (χ3n) is 5.18. The van der Waals surface area contributed by atoms with Gasteiger partial charge in [-0.15, -0.1) is 0 Å². The van der Waals surface area contributed by atoms with Gasteiger partial charge in [-0.2, -0.15) is 0 Å². The van der Waals surface area contributed by atoms with E-state index >= 15 is 0 Å². The first-order valence-corrected chi connectivity index (χ1v) is 9.19. The molecule has 7 heteroatoms. The van der Waals surface area contributed by atoms with Gasteiger partial charge in [0.05, 0.1) is 14.2 Å². The number of hydrogen-bond acceptors (Lipinski definition) is 4. The molecule has 3 rings (SSSR count). The highest BCUT2D eigenvalue weighted by atomic mass is 16.5. The van der Waals surface area contributed by atoms with E-state index in [-0.39, 0.29) is 11.9 Å². The van der Waals surface area contributed by atoms with E-state index in [2.05, 4.69) is 5.32 Å². The molecule has 7 nitrogen and oxygen atoms in total. The van der Waals surface area contributed by atoms with Crippen molar-refractivity contribution in [3.63, 3.8) is 0 Å². The number of benzene rings is 1. The minimum absolute atomic E-state index is 0.0149. The summed E-state index contributed by atoms with van der Waals surface area (Å²) >= 11 is 0. The second-order valence-electron chi connectivity index (χ2n) is 6.75. The first-order chi connectivity index (χ1) is 12.6. The Morgan fingerprint density at radius 1 is 0.962 bits per heavy atom. The van der Waals surface area contributed by atoms with Crippen molar-refractivity contribution in [2.24, 2.45) is 0 Å². The van der Waals surface area contributed by atoms with E-state index in [1.54, 1.807) is 28.0 Å². The van der Waals surface area contributed by atoms with Crippen molar-refractivity contribution in [1.29, 1.82) is 0 Å². The average Bonchev–Trinajstić information content (AvgIpc) is 3.19. The molecule has 1 heterocycles. The summed E-state index contributed by atoms with van der Waals surface area (Å²) in [6.45, 7) is 2.06. The Labute approximate surface area is 154 Å². The number of methoxy groups -OCH3 is 2. The van der Waals surface area contributed by atoms with Gasteiger partial charge in [0.25, 0.3) is 5.91 Å². The number of amides is 3. The Balaban J connectivity index is 1.61. The quantitative estimate of drug-likeness (QED) is 0.892. The molecule has 0 aromatic heterocycles. The standard InChI is InChI=1S/C19H27N3O4/c1-25-15-8-5-9-16(26-2)17(15)18(23)21-10-12-22(13-11-21)19(24)20-14-6-3-4-7-14/h5,8-9,14H,3-4,6-7,10-13H2,1-2H3,(H,20,24). The summed E-state index contributed by atoms with van der Waals surface area (Å²) in [5.41, 5.74) is 0.432. The number of carbonyl (C=O) groups excluding carboxylic acids is 2. The van der Waals surface area contributed by atoms with E-state index in [4.69, 9.17) is 9.47 Å². The predicted molar refractivity (Wildman–Crippen MR) is 97.8 cm³/mol. The Kier molecular flexibility index (Phi) is 5.85. The molecule has 1 aliphatic heterocycles. The number of piperazine rings is 1. The number of ether oxygens (including phenoxy) is 2. The fraction of sp³-hybridized carbons (Fsp3) is 0.579. The number of hydrogen-bond donors (Lipinski definition) is 1. The fourth-order valence-corrected chi connectivity index (χ4v) is 3.67. The lowest BCUT2D eigenvalue weighted by Gasteiger charge is -2.35. The molecule has 1 aromatic rings. The Morgan fingerprint density at radius 3 is 2.04 bits per heavy atom. The van der Waals surface area contributed by atoms with E-state index in [0.717, 1.165) is 12.8 Å². The Morgan fingerprint density at radius 2 is 1.50 bits per heavy atom. The minimum atomic E-state index is -0.129. The summed E-state index contributed by atoms with van der Waals surface area (Å²) in [5.74, 6) is 0.863. The number of rotatable bonds is 4. The van der Waals surface area contributed by atoms with E-state index in [1.165, 1.54) is 27.1 Å². The van der Waals surface area contributed by atoms with Crippen molar-refractivity contribution >= 4 is 11.9 Å². The summed E-state index contributed by atoms with van der Waals surface area (Å²) in [4.78, 5) is 28.9. The maximum absolute atomic E-state index is 13.0. The van der Waals surface area contributed by atoms with E-state index < -0.39 is 0 Å². The summed E-state index contributed by atoms with van der Waals surface area (Å²) in [6.07, 6.45) is 4.51. The second kappa shape index (κ2) is 8.29. The zero-order valence-corrected chi connectivity index (χ0v) is 15.5. The molecule has 0 unspecified atom stereocenters. The first-order valence-electron chi connectivity index (χ1n) is 9.19. The van der Waals surface area contributed by atoms with E-state index in [9.17, 15) is 9.59 Å². The molecule has 1 N–H and O–H groups in total. The van der Waals surface area contributed by atoms with Gasteiger partial charge in [-0.05, 0) is 25.0 Å². The Hall–Kier alpha value is -2.44. The van der Waals surface area contributed by atoms with E-state index in [0.29, 0.717) is 49.3 Å². The normalized spacial score (nSPS) is 17.9. The van der Waals surface area contributed by atoms with Crippen LogP contribution in [0.1, 0.15) is 36.0 Å². The highest BCUT2D eigenvalue weighted by Crippen LogP contribution is 2.30. The Bertz CT molecular complexity index is 628. The molecular weight excluding hydrogens is 334 g/mol. The zero-order valence-electron chi connectivity index (χ0n) is 15.5. The molecule has 142 valence electrons. The monoisotopic (exact) mass is 361 g/mol. The summed E-state index contributed by atoms with van der Waals surface area (Å²) in [5, 5.41) is 3.10. The molecular formula is C19H27N3O4. The van der Waals surface area contributed by atoms with Gasteiger partial charge < -0.3 is 24.6 Å². The van der Waals surface area contributed by atoms with Crippen LogP contribution in [0.4, 0.5) is 4.79 Å². The van der Waals surface area contributed by atoms with Crippen molar-refractivity contribution in [3.05, 3.63) is 23.8 Å². The van der Waals surface area contributed by atoms with Crippen LogP contribution >= 0.6 is 0 Å². The molecule has 1 saturated heterocycles. The van der Waals surface area contributed by atoms with Crippen LogP contribution in [0.3, 0.4) is 0 Å². The van der Waals surface area contributed by atoms with Crippen molar-refractivity contribution in [2.45, 2.75) is 31.7 Å². The maximum Gasteiger partial charge on any atom is 0.317 e. The molecule has 0 bridgehead atoms.